The highest BCUT2D eigenvalue weighted by molar-refractivity contribution is 14.0. The van der Waals surface area contributed by atoms with Crippen molar-refractivity contribution in [3.05, 3.63) is 22.4 Å². The minimum Gasteiger partial charge on any atom is -0.383 e. The number of hydrogen-bond acceptors (Lipinski definition) is 4. The zero-order valence-electron chi connectivity index (χ0n) is 14.2. The fourth-order valence-corrected chi connectivity index (χ4v) is 2.40. The van der Waals surface area contributed by atoms with Gasteiger partial charge in [0.25, 0.3) is 0 Å². The van der Waals surface area contributed by atoms with Gasteiger partial charge in [0.05, 0.1) is 6.61 Å². The Bertz CT molecular complexity index is 466. The molecular formula is C15H27IN4O2S. The Hall–Kier alpha value is -0.870. The summed E-state index contributed by atoms with van der Waals surface area (Å²) in [6.07, 6.45) is 0.959. The number of nitrogens with zero attached hydrogens (tertiary/aromatic N) is 3. The van der Waals surface area contributed by atoms with Crippen LogP contribution in [0.2, 0.25) is 0 Å². The molecule has 0 aliphatic carbocycles. The lowest BCUT2D eigenvalue weighted by molar-refractivity contribution is -0.127. The van der Waals surface area contributed by atoms with E-state index in [4.69, 9.17) is 4.74 Å². The van der Waals surface area contributed by atoms with Crippen molar-refractivity contribution in [1.82, 2.24) is 15.1 Å². The molecule has 0 aromatic carbocycles. The summed E-state index contributed by atoms with van der Waals surface area (Å²) in [6.45, 7) is 2.25. The molecule has 1 aromatic rings. The lowest BCUT2D eigenvalue weighted by atomic mass is 10.3. The molecule has 0 fully saturated rings. The van der Waals surface area contributed by atoms with E-state index >= 15 is 0 Å². The number of thiophene rings is 1. The van der Waals surface area contributed by atoms with Crippen LogP contribution in [0.25, 0.3) is 0 Å². The van der Waals surface area contributed by atoms with E-state index in [1.807, 2.05) is 11.9 Å². The van der Waals surface area contributed by atoms with Gasteiger partial charge in [-0.1, -0.05) is 6.07 Å². The zero-order chi connectivity index (χ0) is 16.4. The van der Waals surface area contributed by atoms with Crippen molar-refractivity contribution in [3.63, 3.8) is 0 Å². The first-order valence-electron chi connectivity index (χ1n) is 7.25. The predicted octanol–water partition coefficient (Wildman–Crippen LogP) is 1.52. The maximum atomic E-state index is 11.7. The van der Waals surface area contributed by atoms with Gasteiger partial charge in [-0.2, -0.15) is 0 Å². The molecule has 0 spiro atoms. The smallest absolute Gasteiger partial charge is 0.243 e. The molecule has 1 amide bonds. The monoisotopic (exact) mass is 454 g/mol. The summed E-state index contributed by atoms with van der Waals surface area (Å²) in [5.74, 6) is 0.710. The van der Waals surface area contributed by atoms with E-state index in [1.165, 1.54) is 4.88 Å². The van der Waals surface area contributed by atoms with Gasteiger partial charge in [-0.3, -0.25) is 4.79 Å². The molecule has 1 heterocycles. The molecule has 0 radical (unpaired) electrons. The van der Waals surface area contributed by atoms with Crippen LogP contribution in [-0.2, 0) is 16.0 Å². The molecule has 0 aliphatic rings. The molecule has 6 nitrogen and oxygen atoms in total. The Labute approximate surface area is 159 Å². The maximum Gasteiger partial charge on any atom is 0.243 e. The number of halogens is 1. The van der Waals surface area contributed by atoms with Gasteiger partial charge in [-0.05, 0) is 17.9 Å². The van der Waals surface area contributed by atoms with Gasteiger partial charge in [0.2, 0.25) is 5.91 Å². The summed E-state index contributed by atoms with van der Waals surface area (Å²) in [5, 5.41) is 5.31. The van der Waals surface area contributed by atoms with Crippen molar-refractivity contribution in [2.45, 2.75) is 6.42 Å². The highest BCUT2D eigenvalue weighted by Crippen LogP contribution is 2.09. The Morgan fingerprint density at radius 1 is 1.39 bits per heavy atom. The number of likely N-dealkylation sites (N-methyl/N-ethyl adjacent to an activating group) is 2. The number of ether oxygens (including phenoxy) is 1. The quantitative estimate of drug-likeness (QED) is 0.280. The third-order valence-corrected chi connectivity index (χ3v) is 4.02. The number of carbonyl (C=O) groups excluding carboxylic acids is 1. The lowest BCUT2D eigenvalue weighted by Gasteiger charge is -2.22. The number of guanidine groups is 1. The van der Waals surface area contributed by atoms with Gasteiger partial charge in [0, 0.05) is 46.2 Å². The van der Waals surface area contributed by atoms with E-state index in [2.05, 4.69) is 27.8 Å². The van der Waals surface area contributed by atoms with Crippen LogP contribution in [0.4, 0.5) is 0 Å². The van der Waals surface area contributed by atoms with E-state index < -0.39 is 0 Å². The molecule has 8 heteroatoms. The van der Waals surface area contributed by atoms with E-state index in [0.717, 1.165) is 18.9 Å². The van der Waals surface area contributed by atoms with Gasteiger partial charge >= 0.3 is 0 Å². The molecule has 0 saturated carbocycles. The third-order valence-electron chi connectivity index (χ3n) is 3.09. The first kappa shape index (κ1) is 22.1. The molecule has 23 heavy (non-hydrogen) atoms. The Morgan fingerprint density at radius 2 is 2.13 bits per heavy atom. The molecule has 1 N–H and O–H groups in total. The standard InChI is InChI=1S/C15H26N4O2S.HI/c1-18(2)14(20)12-17-15(16-8-10-21-4)19(3)9-7-13-6-5-11-22-13;/h5-6,11H,7-10,12H2,1-4H3,(H,16,17);1H. The first-order chi connectivity index (χ1) is 10.5. The summed E-state index contributed by atoms with van der Waals surface area (Å²) in [5.41, 5.74) is 0. The molecule has 0 unspecified atom stereocenters. The average Bonchev–Trinajstić information content (AvgIpc) is 3.01. The Balaban J connectivity index is 0.00000484. The van der Waals surface area contributed by atoms with Crippen LogP contribution in [0.1, 0.15) is 4.88 Å². The second-order valence-electron chi connectivity index (χ2n) is 5.10. The minimum atomic E-state index is -0.0160. The van der Waals surface area contributed by atoms with E-state index in [0.29, 0.717) is 13.2 Å². The normalized spacial score (nSPS) is 10.9. The highest BCUT2D eigenvalue weighted by atomic mass is 127. The number of amides is 1. The molecule has 0 aliphatic heterocycles. The van der Waals surface area contributed by atoms with Crippen molar-refractivity contribution >= 4 is 47.2 Å². The van der Waals surface area contributed by atoms with Crippen LogP contribution in [0.3, 0.4) is 0 Å². The van der Waals surface area contributed by atoms with Crippen molar-refractivity contribution in [2.24, 2.45) is 4.99 Å². The van der Waals surface area contributed by atoms with Crippen LogP contribution in [0.5, 0.6) is 0 Å². The Morgan fingerprint density at radius 3 is 2.70 bits per heavy atom. The molecule has 0 saturated heterocycles. The van der Waals surface area contributed by atoms with Crippen molar-refractivity contribution in [3.8, 4) is 0 Å². The van der Waals surface area contributed by atoms with Crippen molar-refractivity contribution in [1.29, 1.82) is 0 Å². The minimum absolute atomic E-state index is 0. The highest BCUT2D eigenvalue weighted by Gasteiger charge is 2.09. The molecule has 0 atom stereocenters. The SMILES string of the molecule is COCCNC(=NCC(=O)N(C)C)N(C)CCc1cccs1.I. The lowest BCUT2D eigenvalue weighted by Crippen LogP contribution is -2.42. The van der Waals surface area contributed by atoms with Gasteiger partial charge in [0.15, 0.2) is 5.96 Å². The third kappa shape index (κ3) is 9.11. The average molecular weight is 454 g/mol. The number of nitrogens with one attached hydrogen (secondary N) is 1. The van der Waals surface area contributed by atoms with Gasteiger partial charge < -0.3 is 19.9 Å². The van der Waals surface area contributed by atoms with E-state index in [9.17, 15) is 4.79 Å². The largest absolute Gasteiger partial charge is 0.383 e. The summed E-state index contributed by atoms with van der Waals surface area (Å²) in [6, 6.07) is 4.19. The topological polar surface area (TPSA) is 57.2 Å². The van der Waals surface area contributed by atoms with Gasteiger partial charge in [-0.25, -0.2) is 4.99 Å². The maximum absolute atomic E-state index is 11.7. The fraction of sp³-hybridized carbons (Fsp3) is 0.600. The first-order valence-corrected chi connectivity index (χ1v) is 8.13. The molecular weight excluding hydrogens is 427 g/mol. The van der Waals surface area contributed by atoms with Crippen LogP contribution in [0.15, 0.2) is 22.5 Å². The van der Waals surface area contributed by atoms with Gasteiger partial charge in [-0.15, -0.1) is 35.3 Å². The molecule has 1 rings (SSSR count). The summed E-state index contributed by atoms with van der Waals surface area (Å²) in [7, 11) is 7.10. The Kier molecular flexibility index (Phi) is 12.1. The zero-order valence-corrected chi connectivity index (χ0v) is 17.4. The predicted molar refractivity (Wildman–Crippen MR) is 107 cm³/mol. The molecule has 1 aromatic heterocycles. The van der Waals surface area contributed by atoms with Crippen molar-refractivity contribution < 1.29 is 9.53 Å². The summed E-state index contributed by atoms with van der Waals surface area (Å²) >= 11 is 1.75. The number of aliphatic imine (C=N–C) groups is 1. The molecule has 0 bridgehead atoms. The van der Waals surface area contributed by atoms with E-state index in [-0.39, 0.29) is 36.4 Å². The fourth-order valence-electron chi connectivity index (χ4n) is 1.70. The number of hydrogen-bond donors (Lipinski definition) is 1. The van der Waals surface area contributed by atoms with Crippen LogP contribution >= 0.6 is 35.3 Å². The summed E-state index contributed by atoms with van der Waals surface area (Å²) < 4.78 is 5.05. The number of carbonyl (C=O) groups is 1. The van der Waals surface area contributed by atoms with Gasteiger partial charge in [0.1, 0.15) is 6.54 Å². The van der Waals surface area contributed by atoms with Crippen LogP contribution < -0.4 is 5.32 Å². The second kappa shape index (κ2) is 12.5. The van der Waals surface area contributed by atoms with E-state index in [1.54, 1.807) is 37.4 Å². The van der Waals surface area contributed by atoms with Crippen LogP contribution in [0, 0.1) is 0 Å². The molecule has 132 valence electrons. The van der Waals surface area contributed by atoms with Crippen molar-refractivity contribution in [2.75, 3.05) is 54.5 Å². The second-order valence-corrected chi connectivity index (χ2v) is 6.13. The summed E-state index contributed by atoms with van der Waals surface area (Å²) in [4.78, 5) is 21.0. The van der Waals surface area contributed by atoms with Crippen LogP contribution in [-0.4, -0.2) is 76.2 Å². The number of methoxy groups -OCH3 is 1. The number of rotatable bonds is 8.